The number of rotatable bonds is 6. The number of carboxylic acids is 1. The van der Waals surface area contributed by atoms with Crippen molar-refractivity contribution in [3.63, 3.8) is 0 Å². The van der Waals surface area contributed by atoms with Crippen LogP contribution in [0.25, 0.3) is 0 Å². The highest BCUT2D eigenvalue weighted by molar-refractivity contribution is 7.87. The summed E-state index contributed by atoms with van der Waals surface area (Å²) in [6.07, 6.45) is -0.196. The van der Waals surface area contributed by atoms with E-state index in [-0.39, 0.29) is 19.5 Å². The number of hydrogen-bond acceptors (Lipinski definition) is 3. The molecule has 7 heteroatoms. The third-order valence-electron chi connectivity index (χ3n) is 1.70. The number of nitrogens with zero attached hydrogens (tertiary/aromatic N) is 1. The minimum absolute atomic E-state index is 0.0166. The highest BCUT2D eigenvalue weighted by Gasteiger charge is 2.25. The smallest absolute Gasteiger partial charge is 0.304 e. The van der Waals surface area contributed by atoms with Gasteiger partial charge in [0.2, 0.25) is 0 Å². The predicted molar refractivity (Wildman–Crippen MR) is 61.3 cm³/mol. The topological polar surface area (TPSA) is 86.7 Å². The summed E-state index contributed by atoms with van der Waals surface area (Å²) in [6, 6.07) is 0. The quantitative estimate of drug-likeness (QED) is 0.717. The maximum atomic E-state index is 11.8. The Bertz CT molecular complexity index is 332. The lowest BCUT2D eigenvalue weighted by Crippen LogP contribution is -2.49. The standard InChI is InChI=1S/C9H20N2O4S/c1-5-11(7-6-8(12)13)16(14,15)10-9(2,3)4/h10H,5-7H2,1-4H3,(H,12,13). The second-order valence-corrected chi connectivity index (χ2v) is 6.16. The van der Waals surface area contributed by atoms with Crippen molar-refractivity contribution in [3.8, 4) is 0 Å². The molecule has 0 saturated carbocycles. The van der Waals surface area contributed by atoms with Gasteiger partial charge in [0.05, 0.1) is 6.42 Å². The molecule has 0 heterocycles. The molecule has 0 spiro atoms. The number of carbonyl (C=O) groups is 1. The molecule has 16 heavy (non-hydrogen) atoms. The van der Waals surface area contributed by atoms with Gasteiger partial charge in [0.25, 0.3) is 10.2 Å². The molecule has 0 fully saturated rings. The molecule has 0 aromatic heterocycles. The van der Waals surface area contributed by atoms with Crippen molar-refractivity contribution >= 4 is 16.2 Å². The van der Waals surface area contributed by atoms with Gasteiger partial charge in [-0.2, -0.15) is 17.4 Å². The van der Waals surface area contributed by atoms with Gasteiger partial charge in [0.15, 0.2) is 0 Å². The van der Waals surface area contributed by atoms with Crippen LogP contribution in [0.1, 0.15) is 34.1 Å². The fourth-order valence-corrected chi connectivity index (χ4v) is 2.69. The van der Waals surface area contributed by atoms with E-state index in [0.717, 1.165) is 4.31 Å². The van der Waals surface area contributed by atoms with E-state index in [1.165, 1.54) is 0 Å². The first kappa shape index (κ1) is 15.3. The van der Waals surface area contributed by atoms with Gasteiger partial charge in [-0.3, -0.25) is 4.79 Å². The van der Waals surface area contributed by atoms with Crippen LogP contribution in [0.3, 0.4) is 0 Å². The summed E-state index contributed by atoms with van der Waals surface area (Å²) < 4.78 is 27.2. The summed E-state index contributed by atoms with van der Waals surface area (Å²) >= 11 is 0. The fraction of sp³-hybridized carbons (Fsp3) is 0.889. The summed E-state index contributed by atoms with van der Waals surface area (Å²) in [6.45, 7) is 7.10. The molecule has 0 aromatic rings. The second kappa shape index (κ2) is 5.60. The first-order chi connectivity index (χ1) is 7.08. The Hall–Kier alpha value is -0.660. The Balaban J connectivity index is 4.62. The summed E-state index contributed by atoms with van der Waals surface area (Å²) in [5, 5.41) is 8.51. The lowest BCUT2D eigenvalue weighted by Gasteiger charge is -2.26. The molecule has 0 atom stereocenters. The monoisotopic (exact) mass is 252 g/mol. The van der Waals surface area contributed by atoms with Crippen molar-refractivity contribution in [1.29, 1.82) is 0 Å². The molecule has 6 nitrogen and oxygen atoms in total. The third kappa shape index (κ3) is 6.04. The third-order valence-corrected chi connectivity index (χ3v) is 3.69. The molecule has 96 valence electrons. The Kier molecular flexibility index (Phi) is 5.37. The highest BCUT2D eigenvalue weighted by atomic mass is 32.2. The summed E-state index contributed by atoms with van der Waals surface area (Å²) in [7, 11) is -3.61. The van der Waals surface area contributed by atoms with Gasteiger partial charge >= 0.3 is 5.97 Å². The van der Waals surface area contributed by atoms with E-state index in [9.17, 15) is 13.2 Å². The fourth-order valence-electron chi connectivity index (χ4n) is 1.12. The van der Waals surface area contributed by atoms with Gasteiger partial charge in [-0.25, -0.2) is 0 Å². The molecule has 0 bridgehead atoms. The molecule has 0 aliphatic rings. The van der Waals surface area contributed by atoms with Crippen molar-refractivity contribution in [3.05, 3.63) is 0 Å². The van der Waals surface area contributed by atoms with Gasteiger partial charge in [-0.15, -0.1) is 0 Å². The van der Waals surface area contributed by atoms with Crippen molar-refractivity contribution in [2.45, 2.75) is 39.7 Å². The van der Waals surface area contributed by atoms with E-state index >= 15 is 0 Å². The second-order valence-electron chi connectivity index (χ2n) is 4.49. The van der Waals surface area contributed by atoms with Gasteiger partial charge in [0, 0.05) is 18.6 Å². The van der Waals surface area contributed by atoms with Crippen LogP contribution in [0.4, 0.5) is 0 Å². The van der Waals surface area contributed by atoms with Crippen LogP contribution in [0.5, 0.6) is 0 Å². The number of carboxylic acid groups (broad SMARTS) is 1. The largest absolute Gasteiger partial charge is 0.481 e. The van der Waals surface area contributed by atoms with Crippen LogP contribution in [-0.4, -0.2) is 42.4 Å². The summed E-state index contributed by atoms with van der Waals surface area (Å²) in [5.41, 5.74) is -0.574. The van der Waals surface area contributed by atoms with E-state index in [1.807, 2.05) is 0 Å². The van der Waals surface area contributed by atoms with E-state index in [0.29, 0.717) is 0 Å². The molecule has 0 radical (unpaired) electrons. The van der Waals surface area contributed by atoms with Crippen LogP contribution in [0.15, 0.2) is 0 Å². The normalized spacial score (nSPS) is 13.1. The molecular formula is C9H20N2O4S. The van der Waals surface area contributed by atoms with Crippen molar-refractivity contribution in [2.75, 3.05) is 13.1 Å². The van der Waals surface area contributed by atoms with Gasteiger partial charge in [-0.1, -0.05) is 6.92 Å². The lowest BCUT2D eigenvalue weighted by atomic mass is 10.1. The molecule has 0 amide bonds. The van der Waals surface area contributed by atoms with Crippen LogP contribution in [0, 0.1) is 0 Å². The molecule has 2 N–H and O–H groups in total. The van der Waals surface area contributed by atoms with E-state index in [1.54, 1.807) is 27.7 Å². The molecule has 0 unspecified atom stereocenters. The minimum atomic E-state index is -3.61. The Morgan fingerprint density at radius 1 is 1.38 bits per heavy atom. The van der Waals surface area contributed by atoms with Crippen LogP contribution in [0.2, 0.25) is 0 Å². The van der Waals surface area contributed by atoms with Gasteiger partial charge in [0.1, 0.15) is 0 Å². The van der Waals surface area contributed by atoms with E-state index in [4.69, 9.17) is 5.11 Å². The SMILES string of the molecule is CCN(CCC(=O)O)S(=O)(=O)NC(C)(C)C. The maximum absolute atomic E-state index is 11.8. The number of nitrogens with one attached hydrogen (secondary N) is 1. The van der Waals surface area contributed by atoms with E-state index in [2.05, 4.69) is 4.72 Å². The van der Waals surface area contributed by atoms with Gasteiger partial charge in [-0.05, 0) is 20.8 Å². The summed E-state index contributed by atoms with van der Waals surface area (Å²) in [5.74, 6) is -1.01. The van der Waals surface area contributed by atoms with Crippen LogP contribution < -0.4 is 4.72 Å². The molecule has 0 saturated heterocycles. The van der Waals surface area contributed by atoms with Crippen molar-refractivity contribution in [1.82, 2.24) is 9.03 Å². The average molecular weight is 252 g/mol. The lowest BCUT2D eigenvalue weighted by molar-refractivity contribution is -0.137. The van der Waals surface area contributed by atoms with E-state index < -0.39 is 21.7 Å². The Labute approximate surface area is 96.8 Å². The first-order valence-electron chi connectivity index (χ1n) is 5.09. The van der Waals surface area contributed by atoms with Crippen molar-refractivity contribution < 1.29 is 18.3 Å². The predicted octanol–water partition coefficient (Wildman–Crippen LogP) is 0.416. The zero-order valence-corrected chi connectivity index (χ0v) is 11.0. The highest BCUT2D eigenvalue weighted by Crippen LogP contribution is 2.07. The average Bonchev–Trinajstić information content (AvgIpc) is 1.98. The van der Waals surface area contributed by atoms with Gasteiger partial charge < -0.3 is 5.11 Å². The molecule has 0 aromatic carbocycles. The molecule has 0 aliphatic carbocycles. The molecular weight excluding hydrogens is 232 g/mol. The van der Waals surface area contributed by atoms with Crippen LogP contribution in [-0.2, 0) is 15.0 Å². The maximum Gasteiger partial charge on any atom is 0.304 e. The minimum Gasteiger partial charge on any atom is -0.481 e. The number of hydrogen-bond donors (Lipinski definition) is 2. The zero-order chi connectivity index (χ0) is 13.0. The zero-order valence-electron chi connectivity index (χ0n) is 10.1. The molecule has 0 rings (SSSR count). The number of aliphatic carboxylic acids is 1. The first-order valence-corrected chi connectivity index (χ1v) is 6.53. The Morgan fingerprint density at radius 2 is 1.88 bits per heavy atom. The molecule has 0 aliphatic heterocycles. The van der Waals surface area contributed by atoms with Crippen molar-refractivity contribution in [2.24, 2.45) is 0 Å². The Morgan fingerprint density at radius 3 is 2.19 bits per heavy atom. The summed E-state index contributed by atoms with van der Waals surface area (Å²) in [4.78, 5) is 10.4. The van der Waals surface area contributed by atoms with Crippen LogP contribution >= 0.6 is 0 Å².